The van der Waals surface area contributed by atoms with Crippen molar-refractivity contribution in [2.75, 3.05) is 87.1 Å². The zero-order valence-electron chi connectivity index (χ0n) is 37.4. The van der Waals surface area contributed by atoms with E-state index >= 15 is 0 Å². The van der Waals surface area contributed by atoms with Crippen molar-refractivity contribution in [1.82, 2.24) is 59.0 Å². The number of halogens is 1. The molecular weight excluding hydrogens is 839 g/mol. The van der Waals surface area contributed by atoms with E-state index in [2.05, 4.69) is 69.4 Å². The monoisotopic (exact) mass is 894 g/mol. The molecule has 9 heterocycles. The van der Waals surface area contributed by atoms with Gasteiger partial charge < -0.3 is 48.4 Å². The number of hydrogen-bond acceptors (Lipinski definition) is 18. The van der Waals surface area contributed by atoms with Crippen LogP contribution in [-0.2, 0) is 31.9 Å². The van der Waals surface area contributed by atoms with E-state index in [1.54, 1.807) is 38.9 Å². The van der Waals surface area contributed by atoms with Crippen LogP contribution in [0.1, 0.15) is 53.4 Å². The Morgan fingerprint density at radius 1 is 0.625 bits per heavy atom. The molecule has 6 aromatic rings. The molecule has 20 nitrogen and oxygen atoms in total. The lowest BCUT2D eigenvalue weighted by Gasteiger charge is -2.32. The Hall–Kier alpha value is -5.35. The maximum atomic E-state index is 6.10. The highest BCUT2D eigenvalue weighted by molar-refractivity contribution is 6.61. The molecule has 22 heteroatoms. The first-order valence-corrected chi connectivity index (χ1v) is 22.5. The summed E-state index contributed by atoms with van der Waals surface area (Å²) in [7, 11) is 3.18. The summed E-state index contributed by atoms with van der Waals surface area (Å²) in [6.07, 6.45) is 15.9. The summed E-state index contributed by atoms with van der Waals surface area (Å²) in [6, 6.07) is 0. The van der Waals surface area contributed by atoms with Crippen LogP contribution in [0.4, 0.5) is 23.5 Å². The molecule has 5 aliphatic rings. The highest BCUT2D eigenvalue weighted by atomic mass is 35.5. The van der Waals surface area contributed by atoms with Crippen molar-refractivity contribution in [2.45, 2.75) is 77.7 Å². The van der Waals surface area contributed by atoms with Gasteiger partial charge >= 0.3 is 7.12 Å². The van der Waals surface area contributed by atoms with Gasteiger partial charge in [-0.15, -0.1) is 0 Å². The lowest BCUT2D eigenvalue weighted by Crippen LogP contribution is -2.41. The van der Waals surface area contributed by atoms with Crippen LogP contribution < -0.4 is 25.9 Å². The van der Waals surface area contributed by atoms with Gasteiger partial charge in [0.15, 0.2) is 39.8 Å². The fraction of sp³-hybridized carbons (Fsp3) is 0.571. The van der Waals surface area contributed by atoms with Crippen molar-refractivity contribution >= 4 is 70.0 Å². The number of anilines is 4. The van der Waals surface area contributed by atoms with Crippen molar-refractivity contribution in [3.05, 3.63) is 42.7 Å². The van der Waals surface area contributed by atoms with Crippen molar-refractivity contribution in [2.24, 2.45) is 11.8 Å². The Morgan fingerprint density at radius 3 is 1.55 bits per heavy atom. The third-order valence-corrected chi connectivity index (χ3v) is 12.5. The van der Waals surface area contributed by atoms with Gasteiger partial charge in [-0.3, -0.25) is 0 Å². The predicted octanol–water partition coefficient (Wildman–Crippen LogP) is 4.12. The quantitative estimate of drug-likeness (QED) is 0.147. The van der Waals surface area contributed by atoms with Gasteiger partial charge in [0, 0.05) is 83.6 Å². The van der Waals surface area contributed by atoms with Crippen molar-refractivity contribution in [3.63, 3.8) is 0 Å². The molecule has 2 aliphatic carbocycles. The number of morpholine rings is 2. The zero-order valence-corrected chi connectivity index (χ0v) is 38.1. The average molecular weight is 895 g/mol. The van der Waals surface area contributed by atoms with Gasteiger partial charge in [0.25, 0.3) is 0 Å². The maximum Gasteiger partial charge on any atom is 0.498 e. The molecule has 3 saturated heterocycles. The van der Waals surface area contributed by atoms with Gasteiger partial charge in [-0.05, 0) is 76.8 Å². The van der Waals surface area contributed by atoms with E-state index in [1.165, 1.54) is 25.7 Å². The standard InChI is InChI=1S/C18H22N8O.C13H16ClN5O.C11H18BN3O2/c1-19-18-20-8-13(9-21-18)15-23-16(25-4-6-27-7-5-25)14-17(24-15)26(11-22-14)10-12-2-3-12;14-13-16-11(18-3-5-20-6-4-18)10-12(17-13)19(8-15-10)7-9-1-2-9;1-10(2)11(3,4)17-12(16-10)8-6-14-9(13-5)15-7-8/h8-9,11-12H,2-7,10H2,1H3,(H,19,20,21);8-9H,1-7H2;6-7H,1-5H3,(H,13,14,15). The van der Waals surface area contributed by atoms with Crippen molar-refractivity contribution < 1.29 is 18.8 Å². The molecule has 3 aliphatic heterocycles. The van der Waals surface area contributed by atoms with Crippen LogP contribution in [0.5, 0.6) is 0 Å². The maximum absolute atomic E-state index is 6.10. The fourth-order valence-electron chi connectivity index (χ4n) is 7.52. The Bertz CT molecular complexity index is 2510. The molecule has 338 valence electrons. The fourth-order valence-corrected chi connectivity index (χ4v) is 7.68. The summed E-state index contributed by atoms with van der Waals surface area (Å²) in [5, 5.41) is 6.09. The first kappa shape index (κ1) is 43.9. The number of imidazole rings is 2. The first-order valence-electron chi connectivity index (χ1n) is 22.1. The largest absolute Gasteiger partial charge is 0.498 e. The minimum Gasteiger partial charge on any atom is -0.399 e. The number of aromatic nitrogens is 12. The Morgan fingerprint density at radius 2 is 1.08 bits per heavy atom. The minimum atomic E-state index is -0.397. The predicted molar refractivity (Wildman–Crippen MR) is 245 cm³/mol. The summed E-state index contributed by atoms with van der Waals surface area (Å²) < 4.78 is 26.9. The van der Waals surface area contributed by atoms with E-state index in [1.807, 2.05) is 40.3 Å². The third-order valence-electron chi connectivity index (χ3n) is 12.3. The number of nitrogens with one attached hydrogen (secondary N) is 2. The van der Waals surface area contributed by atoms with E-state index in [-0.39, 0.29) is 16.5 Å². The summed E-state index contributed by atoms with van der Waals surface area (Å²) in [4.78, 5) is 48.9. The van der Waals surface area contributed by atoms with Gasteiger partial charge in [-0.25, -0.2) is 39.9 Å². The molecule has 0 unspecified atom stereocenters. The molecule has 0 aromatic carbocycles. The molecule has 5 fully saturated rings. The van der Waals surface area contributed by atoms with Crippen LogP contribution >= 0.6 is 11.6 Å². The smallest absolute Gasteiger partial charge is 0.399 e. The van der Waals surface area contributed by atoms with Gasteiger partial charge in [0.05, 0.1) is 55.8 Å². The Labute approximate surface area is 377 Å². The lowest BCUT2D eigenvalue weighted by molar-refractivity contribution is 0.00578. The van der Waals surface area contributed by atoms with Gasteiger partial charge in [0.2, 0.25) is 17.2 Å². The molecular formula is C42H56BClN16O4. The second-order valence-electron chi connectivity index (χ2n) is 17.6. The number of ether oxygens (including phenoxy) is 2. The molecule has 2 N–H and O–H groups in total. The minimum absolute atomic E-state index is 0.288. The van der Waals surface area contributed by atoms with E-state index in [9.17, 15) is 0 Å². The molecule has 2 saturated carbocycles. The van der Waals surface area contributed by atoms with Crippen LogP contribution in [0.2, 0.25) is 5.28 Å². The normalized spacial score (nSPS) is 19.3. The van der Waals surface area contributed by atoms with Crippen molar-refractivity contribution in [3.8, 4) is 11.4 Å². The second-order valence-corrected chi connectivity index (χ2v) is 18.0. The molecule has 0 spiro atoms. The molecule has 0 amide bonds. The van der Waals surface area contributed by atoms with Crippen LogP contribution in [0.25, 0.3) is 33.7 Å². The highest BCUT2D eigenvalue weighted by Gasteiger charge is 2.52. The Balaban J connectivity index is 0.000000126. The van der Waals surface area contributed by atoms with E-state index in [0.717, 1.165) is 96.1 Å². The third kappa shape index (κ3) is 9.82. The van der Waals surface area contributed by atoms with Crippen LogP contribution in [0, 0.1) is 11.8 Å². The first-order chi connectivity index (χ1) is 31.0. The summed E-state index contributed by atoms with van der Waals surface area (Å²) >= 11 is 6.10. The van der Waals surface area contributed by atoms with E-state index in [4.69, 9.17) is 40.4 Å². The van der Waals surface area contributed by atoms with E-state index in [0.29, 0.717) is 44.1 Å². The summed E-state index contributed by atoms with van der Waals surface area (Å²) in [5.74, 6) is 5.00. The summed E-state index contributed by atoms with van der Waals surface area (Å²) in [6.45, 7) is 16.1. The Kier molecular flexibility index (Phi) is 12.8. The molecule has 11 rings (SSSR count). The van der Waals surface area contributed by atoms with E-state index < -0.39 is 7.12 Å². The molecule has 6 aromatic heterocycles. The SMILES string of the molecule is CNc1ncc(-c2nc(N3CCOCC3)c3ncn(CC4CC4)c3n2)cn1.CNc1ncc(B2OC(C)(C)C(C)(C)O2)cn1.Clc1nc(N2CCOCC2)c2ncn(CC3CC3)c2n1. The molecule has 0 atom stereocenters. The zero-order chi connectivity index (χ0) is 44.4. The van der Waals surface area contributed by atoms with Gasteiger partial charge in [-0.2, -0.15) is 9.97 Å². The van der Waals surface area contributed by atoms with Gasteiger partial charge in [-0.1, -0.05) is 0 Å². The number of fused-ring (bicyclic) bond motifs is 2. The van der Waals surface area contributed by atoms with Crippen LogP contribution in [0.3, 0.4) is 0 Å². The van der Waals surface area contributed by atoms with Crippen LogP contribution in [0.15, 0.2) is 37.4 Å². The van der Waals surface area contributed by atoms with Gasteiger partial charge in [0.1, 0.15) is 0 Å². The number of nitrogens with zero attached hydrogens (tertiary/aromatic N) is 14. The molecule has 64 heavy (non-hydrogen) atoms. The van der Waals surface area contributed by atoms with Crippen LogP contribution in [-0.4, -0.2) is 144 Å². The number of rotatable bonds is 10. The average Bonchev–Trinajstić information content (AvgIpc) is 4.23. The molecule has 0 radical (unpaired) electrons. The second kappa shape index (κ2) is 18.6. The summed E-state index contributed by atoms with van der Waals surface area (Å²) in [5.41, 5.74) is 4.39. The lowest BCUT2D eigenvalue weighted by atomic mass is 9.81. The topological polar surface area (TPSA) is 206 Å². The highest BCUT2D eigenvalue weighted by Crippen LogP contribution is 2.37. The van der Waals surface area contributed by atoms with Crippen molar-refractivity contribution in [1.29, 1.82) is 0 Å². The molecule has 0 bridgehead atoms. The number of hydrogen-bond donors (Lipinski definition) is 2.